The van der Waals surface area contributed by atoms with Crippen LogP contribution in [0.1, 0.15) is 79.7 Å². The molecule has 5 aromatic rings. The maximum absolute atomic E-state index is 11.7. The molecule has 2 aromatic carbocycles. The van der Waals surface area contributed by atoms with Crippen LogP contribution in [0.2, 0.25) is 0 Å². The molecule has 5 rings (SSSR count). The molecule has 1 radical (unpaired) electrons. The first-order valence-electron chi connectivity index (χ1n) is 15.8. The van der Waals surface area contributed by atoms with Crippen molar-refractivity contribution in [2.45, 2.75) is 79.6 Å². The molecule has 0 amide bonds. The van der Waals surface area contributed by atoms with Crippen molar-refractivity contribution in [1.82, 2.24) is 9.97 Å². The van der Waals surface area contributed by atoms with Crippen LogP contribution < -0.4 is 0 Å². The summed E-state index contributed by atoms with van der Waals surface area (Å²) in [7, 11) is 0. The normalized spacial score (nSPS) is 11.9. The van der Waals surface area contributed by atoms with Crippen LogP contribution in [0.5, 0.6) is 0 Å². The number of thiophene rings is 1. The van der Waals surface area contributed by atoms with E-state index in [-0.39, 0.29) is 48.9 Å². The molecule has 0 saturated heterocycles. The van der Waals surface area contributed by atoms with Crippen LogP contribution in [0.4, 0.5) is 0 Å². The standard InChI is InChI=1S/C26H21N2S.C13H24O2.Ir/c1-26(2,3)23-13-19(12-17-6-4-5-7-20(17)23)24-14-18(8-11-28-24)22-16-29-25-9-10-27-15-21(22)25;1-5-10(6-2)12(14)9-13(15)11(7-3)8-4;/h4-11,13-16H,1-3H3;9-11,14H,5-8H2,1-4H3;/q-1;;/b;12-9-;. The van der Waals surface area contributed by atoms with Gasteiger partial charge in [0.15, 0.2) is 5.78 Å². The van der Waals surface area contributed by atoms with Crippen LogP contribution in [0.15, 0.2) is 84.3 Å². The van der Waals surface area contributed by atoms with Crippen LogP contribution in [-0.2, 0) is 30.3 Å². The summed E-state index contributed by atoms with van der Waals surface area (Å²) in [6, 6.07) is 20.6. The second-order valence-electron chi connectivity index (χ2n) is 12.3. The van der Waals surface area contributed by atoms with Crippen molar-refractivity contribution in [3.05, 3.63) is 96.0 Å². The molecule has 239 valence electrons. The average molecular weight is 798 g/mol. The number of carbonyl (C=O) groups excluding carboxylic acids is 1. The SMILES string of the molecule is CC(C)(C)c1cc(-c2cc(-c3csc4ccncc34)ccn2)[c-]c2ccccc12.CCC(CC)C(=O)/C=C(\O)C(CC)CC.[Ir]. The molecule has 0 fully saturated rings. The number of pyridine rings is 2. The van der Waals surface area contributed by atoms with Gasteiger partial charge < -0.3 is 5.11 Å². The number of hydrogen-bond donors (Lipinski definition) is 1. The van der Waals surface area contributed by atoms with Gasteiger partial charge in [-0.2, -0.15) is 0 Å². The number of ketones is 1. The number of rotatable bonds is 9. The monoisotopic (exact) mass is 798 g/mol. The molecule has 3 heterocycles. The van der Waals surface area contributed by atoms with E-state index in [1.807, 2.05) is 46.3 Å². The number of aliphatic hydroxyl groups is 1. The molecule has 6 heteroatoms. The minimum absolute atomic E-state index is 0. The van der Waals surface area contributed by atoms with Crippen LogP contribution in [-0.4, -0.2) is 20.9 Å². The average Bonchev–Trinajstić information content (AvgIpc) is 3.46. The Balaban J connectivity index is 0.000000297. The first-order chi connectivity index (χ1) is 21.1. The summed E-state index contributed by atoms with van der Waals surface area (Å²) in [5.74, 6) is 0.547. The fourth-order valence-electron chi connectivity index (χ4n) is 5.61. The Labute approximate surface area is 286 Å². The number of nitrogens with zero attached hydrogens (tertiary/aromatic N) is 2. The van der Waals surface area contributed by atoms with Crippen LogP contribution in [0.25, 0.3) is 43.2 Å². The zero-order valence-electron chi connectivity index (χ0n) is 27.5. The number of hydrogen-bond acceptors (Lipinski definition) is 5. The Morgan fingerprint density at radius 1 is 0.933 bits per heavy atom. The minimum Gasteiger partial charge on any atom is -0.512 e. The first kappa shape index (κ1) is 36.3. The van der Waals surface area contributed by atoms with Gasteiger partial charge in [-0.15, -0.1) is 40.5 Å². The molecule has 3 aromatic heterocycles. The molecule has 1 N–H and O–H groups in total. The van der Waals surface area contributed by atoms with Crippen molar-refractivity contribution in [3.8, 4) is 22.4 Å². The van der Waals surface area contributed by atoms with E-state index in [2.05, 4.69) is 90.7 Å². The maximum atomic E-state index is 11.7. The van der Waals surface area contributed by atoms with E-state index in [1.54, 1.807) is 11.3 Å². The van der Waals surface area contributed by atoms with Crippen molar-refractivity contribution in [1.29, 1.82) is 0 Å². The van der Waals surface area contributed by atoms with E-state index in [0.29, 0.717) is 0 Å². The molecular formula is C39H45IrN2O2S-. The number of benzene rings is 2. The van der Waals surface area contributed by atoms with Crippen LogP contribution >= 0.6 is 11.3 Å². The number of carbonyl (C=O) groups is 1. The first-order valence-corrected chi connectivity index (χ1v) is 16.7. The van der Waals surface area contributed by atoms with E-state index < -0.39 is 0 Å². The van der Waals surface area contributed by atoms with Crippen molar-refractivity contribution in [2.75, 3.05) is 0 Å². The van der Waals surface area contributed by atoms with Crippen molar-refractivity contribution < 1.29 is 30.0 Å². The molecule has 0 saturated carbocycles. The van der Waals surface area contributed by atoms with Crippen LogP contribution in [0, 0.1) is 17.9 Å². The molecule has 0 atom stereocenters. The quantitative estimate of drug-likeness (QED) is 0.0917. The van der Waals surface area contributed by atoms with E-state index in [4.69, 9.17) is 0 Å². The Morgan fingerprint density at radius 3 is 2.29 bits per heavy atom. The summed E-state index contributed by atoms with van der Waals surface area (Å²) in [6.45, 7) is 14.8. The molecule has 4 nitrogen and oxygen atoms in total. The minimum atomic E-state index is 0. The summed E-state index contributed by atoms with van der Waals surface area (Å²) in [6.07, 6.45) is 10.6. The molecule has 0 unspecified atom stereocenters. The third kappa shape index (κ3) is 8.76. The van der Waals surface area contributed by atoms with E-state index in [9.17, 15) is 9.90 Å². The summed E-state index contributed by atoms with van der Waals surface area (Å²) in [5.41, 5.74) is 5.71. The number of aliphatic hydroxyl groups excluding tert-OH is 1. The largest absolute Gasteiger partial charge is 0.512 e. The van der Waals surface area contributed by atoms with Gasteiger partial charge in [0, 0.05) is 78.0 Å². The smallest absolute Gasteiger partial charge is 0.162 e. The van der Waals surface area contributed by atoms with Gasteiger partial charge >= 0.3 is 0 Å². The van der Waals surface area contributed by atoms with Gasteiger partial charge in [0.1, 0.15) is 0 Å². The van der Waals surface area contributed by atoms with E-state index >= 15 is 0 Å². The zero-order chi connectivity index (χ0) is 31.9. The fraction of sp³-hybridized carbons (Fsp3) is 0.359. The van der Waals surface area contributed by atoms with Gasteiger partial charge in [0.2, 0.25) is 0 Å². The molecule has 0 bridgehead atoms. The third-order valence-electron chi connectivity index (χ3n) is 8.39. The Bertz CT molecular complexity index is 1740. The molecule has 0 aliphatic carbocycles. The van der Waals surface area contributed by atoms with Gasteiger partial charge in [0.05, 0.1) is 5.76 Å². The Hall–Kier alpha value is -3.18. The van der Waals surface area contributed by atoms with Gasteiger partial charge in [-0.1, -0.05) is 83.7 Å². The predicted molar refractivity (Wildman–Crippen MR) is 187 cm³/mol. The van der Waals surface area contributed by atoms with Gasteiger partial charge in [0.25, 0.3) is 0 Å². The number of allylic oxidation sites excluding steroid dienone is 2. The van der Waals surface area contributed by atoms with Crippen molar-refractivity contribution >= 4 is 38.0 Å². The maximum Gasteiger partial charge on any atom is 0.162 e. The van der Waals surface area contributed by atoms with Gasteiger partial charge in [-0.3, -0.25) is 14.8 Å². The second kappa shape index (κ2) is 16.4. The van der Waals surface area contributed by atoms with Crippen LogP contribution in [0.3, 0.4) is 0 Å². The molecule has 0 aliphatic rings. The third-order valence-corrected chi connectivity index (χ3v) is 9.35. The fourth-order valence-corrected chi connectivity index (χ4v) is 6.55. The zero-order valence-corrected chi connectivity index (χ0v) is 30.7. The number of fused-ring (bicyclic) bond motifs is 2. The molecular weight excluding hydrogens is 753 g/mol. The molecule has 0 aliphatic heterocycles. The van der Waals surface area contributed by atoms with Crippen molar-refractivity contribution in [3.63, 3.8) is 0 Å². The van der Waals surface area contributed by atoms with Crippen molar-refractivity contribution in [2.24, 2.45) is 11.8 Å². The second-order valence-corrected chi connectivity index (χ2v) is 13.3. The molecule has 45 heavy (non-hydrogen) atoms. The Kier molecular flexibility index (Phi) is 13.2. The topological polar surface area (TPSA) is 63.1 Å². The molecule has 0 spiro atoms. The number of aromatic nitrogens is 2. The van der Waals surface area contributed by atoms with Gasteiger partial charge in [-0.05, 0) is 54.2 Å². The summed E-state index contributed by atoms with van der Waals surface area (Å²) < 4.78 is 1.25. The van der Waals surface area contributed by atoms with E-state index in [0.717, 1.165) is 47.9 Å². The summed E-state index contributed by atoms with van der Waals surface area (Å²) >= 11 is 1.75. The summed E-state index contributed by atoms with van der Waals surface area (Å²) in [5, 5.41) is 15.5. The van der Waals surface area contributed by atoms with Gasteiger partial charge in [-0.25, -0.2) is 0 Å². The predicted octanol–water partition coefficient (Wildman–Crippen LogP) is 11.1. The van der Waals surface area contributed by atoms with E-state index in [1.165, 1.54) is 32.7 Å². The Morgan fingerprint density at radius 2 is 1.62 bits per heavy atom. The summed E-state index contributed by atoms with van der Waals surface area (Å²) in [4.78, 5) is 20.7.